The van der Waals surface area contributed by atoms with Gasteiger partial charge in [0.2, 0.25) is 0 Å². The molecule has 3 aliphatic heterocycles. The summed E-state index contributed by atoms with van der Waals surface area (Å²) >= 11 is 2.68. The molecule has 2 atom stereocenters. The van der Waals surface area contributed by atoms with E-state index < -0.39 is 10.0 Å². The normalized spacial score (nSPS) is 24.6. The lowest BCUT2D eigenvalue weighted by molar-refractivity contribution is -0.0707. The first-order valence-corrected chi connectivity index (χ1v) is 13.6. The molecule has 0 spiro atoms. The van der Waals surface area contributed by atoms with Crippen molar-refractivity contribution in [3.8, 4) is 0 Å². The average molecular weight is 494 g/mol. The van der Waals surface area contributed by atoms with Crippen LogP contribution in [0.25, 0.3) is 0 Å². The molecule has 3 aliphatic rings. The molecule has 1 saturated heterocycles. The van der Waals surface area contributed by atoms with Crippen LogP contribution in [0.5, 0.6) is 0 Å². The molecule has 0 bridgehead atoms. The first kappa shape index (κ1) is 21.8. The number of hydrogen-bond donors (Lipinski definition) is 1. The van der Waals surface area contributed by atoms with Gasteiger partial charge in [-0.3, -0.25) is 15.0 Å². The number of thiazole rings is 1. The second-order valence-electron chi connectivity index (χ2n) is 8.15. The number of ether oxygens (including phenoxy) is 1. The number of anilines is 2. The third kappa shape index (κ3) is 4.55. The third-order valence-corrected chi connectivity index (χ3v) is 8.50. The predicted molar refractivity (Wildman–Crippen MR) is 126 cm³/mol. The Morgan fingerprint density at radius 3 is 2.84 bits per heavy atom. The molecule has 0 aliphatic carbocycles. The number of carbonyl (C=O) groups is 1. The van der Waals surface area contributed by atoms with Gasteiger partial charge in [0.15, 0.2) is 10.3 Å². The van der Waals surface area contributed by atoms with Crippen molar-refractivity contribution < 1.29 is 17.9 Å². The van der Waals surface area contributed by atoms with Crippen molar-refractivity contribution in [1.29, 1.82) is 0 Å². The van der Waals surface area contributed by atoms with E-state index in [1.165, 1.54) is 23.1 Å². The van der Waals surface area contributed by atoms with Crippen LogP contribution in [0.4, 0.5) is 10.8 Å². The Morgan fingerprint density at radius 1 is 1.28 bits per heavy atom. The van der Waals surface area contributed by atoms with Gasteiger partial charge < -0.3 is 9.64 Å². The molecule has 1 aromatic heterocycles. The van der Waals surface area contributed by atoms with Crippen molar-refractivity contribution in [3.63, 3.8) is 0 Å². The van der Waals surface area contributed by atoms with Gasteiger partial charge in [0, 0.05) is 42.0 Å². The van der Waals surface area contributed by atoms with Crippen LogP contribution >= 0.6 is 23.1 Å². The van der Waals surface area contributed by atoms with Crippen molar-refractivity contribution in [2.45, 2.75) is 37.5 Å². The number of hydrogen-bond acceptors (Lipinski definition) is 9. The number of aromatic nitrogens is 1. The minimum atomic E-state index is -3.41. The van der Waals surface area contributed by atoms with Gasteiger partial charge in [-0.05, 0) is 43.8 Å². The molecular formula is C20H23N5O4S3. The van der Waals surface area contributed by atoms with Crippen LogP contribution in [0.2, 0.25) is 0 Å². The third-order valence-electron chi connectivity index (χ3n) is 5.39. The lowest BCUT2D eigenvalue weighted by Crippen LogP contribution is -2.44. The Morgan fingerprint density at radius 2 is 2.06 bits per heavy atom. The molecule has 1 N–H and O–H groups in total. The van der Waals surface area contributed by atoms with E-state index in [1.54, 1.807) is 12.1 Å². The lowest BCUT2D eigenvalue weighted by atomic mass is 10.2. The zero-order valence-electron chi connectivity index (χ0n) is 17.6. The number of sulfonamides is 1. The van der Waals surface area contributed by atoms with E-state index in [9.17, 15) is 13.2 Å². The molecule has 12 heteroatoms. The van der Waals surface area contributed by atoms with Crippen molar-refractivity contribution >= 4 is 55.0 Å². The summed E-state index contributed by atoms with van der Waals surface area (Å²) in [5.74, 6) is -0.254. The summed E-state index contributed by atoms with van der Waals surface area (Å²) in [7, 11) is -3.41. The number of morpholine rings is 1. The number of amides is 1. The quantitative estimate of drug-likeness (QED) is 0.693. The van der Waals surface area contributed by atoms with Crippen molar-refractivity contribution in [1.82, 2.24) is 9.88 Å². The average Bonchev–Trinajstić information content (AvgIpc) is 3.28. The van der Waals surface area contributed by atoms with E-state index in [-0.39, 0.29) is 23.9 Å². The molecule has 2 unspecified atom stereocenters. The van der Waals surface area contributed by atoms with Crippen LogP contribution in [-0.2, 0) is 21.3 Å². The zero-order valence-corrected chi connectivity index (χ0v) is 20.1. The number of benzene rings is 1. The number of thioether (sulfide) groups is 1. The topological polar surface area (TPSA) is 104 Å². The van der Waals surface area contributed by atoms with Crippen LogP contribution in [-0.4, -0.2) is 67.0 Å². The Bertz CT molecular complexity index is 1190. The van der Waals surface area contributed by atoms with Crippen molar-refractivity contribution in [3.05, 3.63) is 34.8 Å². The Hall–Kier alpha value is -1.99. The monoisotopic (exact) mass is 493 g/mol. The van der Waals surface area contributed by atoms with Gasteiger partial charge in [0.25, 0.3) is 15.9 Å². The van der Waals surface area contributed by atoms with Gasteiger partial charge in [0.1, 0.15) is 0 Å². The Kier molecular flexibility index (Phi) is 5.74. The van der Waals surface area contributed by atoms with E-state index in [4.69, 9.17) is 4.74 Å². The molecule has 4 heterocycles. The van der Waals surface area contributed by atoms with Crippen LogP contribution in [0.1, 0.15) is 29.9 Å². The zero-order chi connectivity index (χ0) is 22.5. The predicted octanol–water partition coefficient (Wildman–Crippen LogP) is 2.62. The summed E-state index contributed by atoms with van der Waals surface area (Å²) in [6.07, 6.45) is 0.390. The number of fused-ring (bicyclic) bond motifs is 3. The Balaban J connectivity index is 1.25. The molecule has 0 radical (unpaired) electrons. The highest BCUT2D eigenvalue weighted by Crippen LogP contribution is 2.42. The van der Waals surface area contributed by atoms with Gasteiger partial charge in [-0.1, -0.05) is 0 Å². The molecule has 5 rings (SSSR count). The minimum Gasteiger partial charge on any atom is -0.373 e. The molecule has 0 saturated carbocycles. The van der Waals surface area contributed by atoms with Gasteiger partial charge >= 0.3 is 0 Å². The molecule has 1 fully saturated rings. The largest absolute Gasteiger partial charge is 0.373 e. The molecule has 170 valence electrons. The van der Waals surface area contributed by atoms with E-state index in [2.05, 4.69) is 33.4 Å². The summed E-state index contributed by atoms with van der Waals surface area (Å²) in [5, 5.41) is 5.84. The maximum Gasteiger partial charge on any atom is 0.257 e. The molecule has 2 aromatic rings. The highest BCUT2D eigenvalue weighted by molar-refractivity contribution is 8.15. The maximum atomic E-state index is 12.8. The fraction of sp³-hybridized carbons (Fsp3) is 0.450. The molecule has 1 aromatic carbocycles. The summed E-state index contributed by atoms with van der Waals surface area (Å²) in [6, 6.07) is 5.35. The number of rotatable bonds is 4. The molecule has 32 heavy (non-hydrogen) atoms. The highest BCUT2D eigenvalue weighted by Gasteiger charge is 2.33. The van der Waals surface area contributed by atoms with Crippen molar-refractivity contribution in [2.75, 3.05) is 35.6 Å². The van der Waals surface area contributed by atoms with Gasteiger partial charge in [-0.2, -0.15) is 0 Å². The SMILES string of the molecule is CC1CN(Cc2csc(NC(=O)c3ccc4c(c3)SC3=NS(=O)(=O)CCN34)n2)CC(C)O1. The van der Waals surface area contributed by atoms with E-state index >= 15 is 0 Å². The summed E-state index contributed by atoms with van der Waals surface area (Å²) < 4.78 is 33.2. The first-order valence-electron chi connectivity index (χ1n) is 10.3. The first-order chi connectivity index (χ1) is 15.3. The highest BCUT2D eigenvalue weighted by atomic mass is 32.2. The van der Waals surface area contributed by atoms with Crippen LogP contribution in [0.15, 0.2) is 32.9 Å². The lowest BCUT2D eigenvalue weighted by Gasteiger charge is -2.34. The van der Waals surface area contributed by atoms with Crippen LogP contribution in [0.3, 0.4) is 0 Å². The number of amidine groups is 1. The van der Waals surface area contributed by atoms with E-state index in [0.717, 1.165) is 35.9 Å². The molecule has 1 amide bonds. The van der Waals surface area contributed by atoms with Crippen molar-refractivity contribution in [2.24, 2.45) is 4.40 Å². The summed E-state index contributed by atoms with van der Waals surface area (Å²) in [5.41, 5.74) is 2.30. The van der Waals surface area contributed by atoms with Gasteiger partial charge in [-0.25, -0.2) is 13.4 Å². The second kappa shape index (κ2) is 8.41. The fourth-order valence-electron chi connectivity index (χ4n) is 4.12. The van der Waals surface area contributed by atoms with Crippen LogP contribution < -0.4 is 10.2 Å². The number of nitrogens with zero attached hydrogens (tertiary/aromatic N) is 4. The maximum absolute atomic E-state index is 12.8. The van der Waals surface area contributed by atoms with Gasteiger partial charge in [0.05, 0.1) is 29.3 Å². The molecular weight excluding hydrogens is 470 g/mol. The second-order valence-corrected chi connectivity index (χ2v) is 11.8. The Labute approximate surface area is 194 Å². The number of nitrogens with one attached hydrogen (secondary N) is 1. The summed E-state index contributed by atoms with van der Waals surface area (Å²) in [4.78, 5) is 22.4. The molecule has 9 nitrogen and oxygen atoms in total. The van der Waals surface area contributed by atoms with E-state index in [1.807, 2.05) is 16.3 Å². The number of carbonyl (C=O) groups excluding carboxylic acids is 1. The van der Waals surface area contributed by atoms with Gasteiger partial charge in [-0.15, -0.1) is 15.7 Å². The standard InChI is InChI=1S/C20H23N5O4S3/c1-12-8-24(9-13(2)29-12)10-15-11-30-19(21-15)22-18(26)14-3-4-16-17(7-14)31-20-23-32(27,28)6-5-25(16)20/h3-4,7,11-13H,5-6,8-10H2,1-2H3,(H,21,22,26). The smallest absolute Gasteiger partial charge is 0.257 e. The minimum absolute atomic E-state index is 0.00655. The van der Waals surface area contributed by atoms with E-state index in [0.29, 0.717) is 22.4 Å². The summed E-state index contributed by atoms with van der Waals surface area (Å²) in [6.45, 7) is 6.96. The fourth-order valence-corrected chi connectivity index (χ4v) is 7.11. The van der Waals surface area contributed by atoms with Crippen LogP contribution in [0, 0.1) is 0 Å².